The number of benzene rings is 3. The molecule has 0 unspecified atom stereocenters. The minimum atomic E-state index is -4.69. The van der Waals surface area contributed by atoms with Crippen molar-refractivity contribution in [2.45, 2.75) is 43.7 Å². The molecule has 3 aromatic rings. The second-order valence-corrected chi connectivity index (χ2v) is 11.0. The molecular formula is C27H28F3N3O3S. The summed E-state index contributed by atoms with van der Waals surface area (Å²) in [6, 6.07) is 20.8. The Bertz CT molecular complexity index is 1360. The van der Waals surface area contributed by atoms with E-state index < -0.39 is 34.2 Å². The van der Waals surface area contributed by atoms with Gasteiger partial charge in [-0.15, -0.1) is 0 Å². The molecule has 0 aliphatic heterocycles. The van der Waals surface area contributed by atoms with Gasteiger partial charge in [0.2, 0.25) is 0 Å². The number of anilines is 1. The van der Waals surface area contributed by atoms with E-state index in [4.69, 9.17) is 0 Å². The predicted octanol–water partition coefficient (Wildman–Crippen LogP) is 5.76. The van der Waals surface area contributed by atoms with Crippen LogP contribution in [0.1, 0.15) is 38.3 Å². The zero-order chi connectivity index (χ0) is 27.3. The van der Waals surface area contributed by atoms with Crippen LogP contribution in [0, 0.1) is 0 Å². The van der Waals surface area contributed by atoms with E-state index in [9.17, 15) is 26.4 Å². The third-order valence-corrected chi connectivity index (χ3v) is 7.49. The standard InChI is InChI=1S/C27H28F3N3O3S/c1-20(18-26(2,3)21-11-6-4-7-12-21)31-32-25(34)19-33(37(35,36)24-15-8-5-9-16-24)23-14-10-13-22(17-23)27(28,29)30/h4-17H,18-19H2,1-3H3,(H,32,34)/b31-20-. The number of nitrogens with zero attached hydrogens (tertiary/aromatic N) is 2. The van der Waals surface area contributed by atoms with Crippen molar-refractivity contribution in [1.82, 2.24) is 5.43 Å². The van der Waals surface area contributed by atoms with Crippen molar-refractivity contribution in [3.63, 3.8) is 0 Å². The van der Waals surface area contributed by atoms with Gasteiger partial charge in [-0.25, -0.2) is 13.8 Å². The summed E-state index contributed by atoms with van der Waals surface area (Å²) >= 11 is 0. The zero-order valence-electron chi connectivity index (χ0n) is 20.7. The molecule has 0 aliphatic carbocycles. The van der Waals surface area contributed by atoms with Gasteiger partial charge in [-0.1, -0.05) is 68.4 Å². The summed E-state index contributed by atoms with van der Waals surface area (Å²) in [7, 11) is -4.36. The van der Waals surface area contributed by atoms with E-state index in [1.807, 2.05) is 44.2 Å². The molecule has 0 bridgehead atoms. The fourth-order valence-electron chi connectivity index (χ4n) is 3.87. The zero-order valence-corrected chi connectivity index (χ0v) is 21.5. The van der Waals surface area contributed by atoms with Crippen LogP contribution in [0.15, 0.2) is 94.9 Å². The summed E-state index contributed by atoms with van der Waals surface area (Å²) in [5.74, 6) is -0.797. The SMILES string of the molecule is C/C(CC(C)(C)c1ccccc1)=N/NC(=O)CN(c1cccc(C(F)(F)F)c1)S(=O)(=O)c1ccccc1. The molecule has 0 saturated carbocycles. The third kappa shape index (κ3) is 7.19. The second-order valence-electron chi connectivity index (χ2n) is 9.18. The number of rotatable bonds is 9. The van der Waals surface area contributed by atoms with Crippen LogP contribution in [0.5, 0.6) is 0 Å². The van der Waals surface area contributed by atoms with Crippen LogP contribution in [0.4, 0.5) is 18.9 Å². The maximum atomic E-state index is 13.3. The lowest BCUT2D eigenvalue weighted by atomic mass is 9.80. The van der Waals surface area contributed by atoms with E-state index in [0.29, 0.717) is 22.5 Å². The van der Waals surface area contributed by atoms with Gasteiger partial charge in [-0.2, -0.15) is 18.3 Å². The molecule has 196 valence electrons. The Kier molecular flexibility index (Phi) is 8.42. The number of hydrogen-bond acceptors (Lipinski definition) is 4. The normalized spacial score (nSPS) is 12.8. The highest BCUT2D eigenvalue weighted by molar-refractivity contribution is 7.92. The van der Waals surface area contributed by atoms with E-state index in [2.05, 4.69) is 10.5 Å². The van der Waals surface area contributed by atoms with Crippen LogP contribution in [-0.4, -0.2) is 26.6 Å². The molecule has 1 amide bonds. The Morgan fingerprint density at radius 3 is 2.05 bits per heavy atom. The molecule has 0 saturated heterocycles. The van der Waals surface area contributed by atoms with Crippen molar-refractivity contribution in [3.05, 3.63) is 96.1 Å². The summed E-state index contributed by atoms with van der Waals surface area (Å²) < 4.78 is 67.3. The lowest BCUT2D eigenvalue weighted by Gasteiger charge is -2.25. The second kappa shape index (κ2) is 11.2. The van der Waals surface area contributed by atoms with Gasteiger partial charge in [0.15, 0.2) is 0 Å². The minimum absolute atomic E-state index is 0.162. The quantitative estimate of drug-likeness (QED) is 0.282. The molecule has 0 heterocycles. The smallest absolute Gasteiger partial charge is 0.271 e. The average molecular weight is 532 g/mol. The number of sulfonamides is 1. The van der Waals surface area contributed by atoms with Gasteiger partial charge in [-0.05, 0) is 54.7 Å². The summed E-state index contributed by atoms with van der Waals surface area (Å²) in [6.45, 7) is 5.03. The highest BCUT2D eigenvalue weighted by atomic mass is 32.2. The number of hydrazone groups is 1. The van der Waals surface area contributed by atoms with Gasteiger partial charge in [0.25, 0.3) is 15.9 Å². The van der Waals surface area contributed by atoms with E-state index >= 15 is 0 Å². The Balaban J connectivity index is 1.85. The van der Waals surface area contributed by atoms with Crippen LogP contribution in [0.3, 0.4) is 0 Å². The monoisotopic (exact) mass is 531 g/mol. The van der Waals surface area contributed by atoms with Gasteiger partial charge in [0, 0.05) is 5.71 Å². The Morgan fingerprint density at radius 1 is 0.892 bits per heavy atom. The van der Waals surface area contributed by atoms with Crippen molar-refractivity contribution in [2.75, 3.05) is 10.8 Å². The van der Waals surface area contributed by atoms with Crippen molar-refractivity contribution in [1.29, 1.82) is 0 Å². The fourth-order valence-corrected chi connectivity index (χ4v) is 5.30. The molecule has 6 nitrogen and oxygen atoms in total. The summed E-state index contributed by atoms with van der Waals surface area (Å²) in [5, 5.41) is 4.11. The molecular weight excluding hydrogens is 503 g/mol. The van der Waals surface area contributed by atoms with Gasteiger partial charge < -0.3 is 0 Å². The van der Waals surface area contributed by atoms with E-state index in [0.717, 1.165) is 17.7 Å². The number of halogens is 3. The molecule has 3 rings (SSSR count). The molecule has 3 aromatic carbocycles. The van der Waals surface area contributed by atoms with Crippen LogP contribution >= 0.6 is 0 Å². The number of carbonyl (C=O) groups is 1. The van der Waals surface area contributed by atoms with Gasteiger partial charge in [-0.3, -0.25) is 9.10 Å². The third-order valence-electron chi connectivity index (χ3n) is 5.70. The molecule has 37 heavy (non-hydrogen) atoms. The average Bonchev–Trinajstić information content (AvgIpc) is 2.86. The lowest BCUT2D eigenvalue weighted by Crippen LogP contribution is -2.40. The summed E-state index contributed by atoms with van der Waals surface area (Å²) in [4.78, 5) is 12.6. The minimum Gasteiger partial charge on any atom is -0.271 e. The lowest BCUT2D eigenvalue weighted by molar-refractivity contribution is -0.137. The van der Waals surface area contributed by atoms with Crippen molar-refractivity contribution >= 4 is 27.3 Å². The van der Waals surface area contributed by atoms with Crippen LogP contribution < -0.4 is 9.73 Å². The molecule has 0 atom stereocenters. The maximum Gasteiger partial charge on any atom is 0.416 e. The first kappa shape index (κ1) is 27.9. The number of alkyl halides is 3. The summed E-state index contributed by atoms with van der Waals surface area (Å²) in [6.07, 6.45) is -4.18. The molecule has 0 spiro atoms. The van der Waals surface area contributed by atoms with Crippen molar-refractivity contribution in [3.8, 4) is 0 Å². The Labute approximate surface area is 214 Å². The maximum absolute atomic E-state index is 13.3. The molecule has 10 heteroatoms. The molecule has 0 aromatic heterocycles. The van der Waals surface area contributed by atoms with Gasteiger partial charge in [0.1, 0.15) is 6.54 Å². The van der Waals surface area contributed by atoms with Crippen LogP contribution in [0.2, 0.25) is 0 Å². The van der Waals surface area contributed by atoms with Gasteiger partial charge in [0.05, 0.1) is 16.1 Å². The first-order valence-corrected chi connectivity index (χ1v) is 12.9. The van der Waals surface area contributed by atoms with E-state index in [1.165, 1.54) is 30.3 Å². The number of carbonyl (C=O) groups excluding carboxylic acids is 1. The van der Waals surface area contributed by atoms with Crippen LogP contribution in [0.25, 0.3) is 0 Å². The van der Waals surface area contributed by atoms with Crippen molar-refractivity contribution < 1.29 is 26.4 Å². The molecule has 0 aliphatic rings. The predicted molar refractivity (Wildman–Crippen MR) is 138 cm³/mol. The number of amides is 1. The van der Waals surface area contributed by atoms with Crippen LogP contribution in [-0.2, 0) is 26.4 Å². The summed E-state index contributed by atoms with van der Waals surface area (Å²) in [5.41, 5.74) is 2.42. The molecule has 0 fully saturated rings. The van der Waals surface area contributed by atoms with Crippen molar-refractivity contribution in [2.24, 2.45) is 5.10 Å². The Morgan fingerprint density at radius 2 is 1.46 bits per heavy atom. The topological polar surface area (TPSA) is 78.8 Å². The first-order chi connectivity index (χ1) is 17.3. The number of hydrogen-bond donors (Lipinski definition) is 1. The first-order valence-electron chi connectivity index (χ1n) is 11.4. The highest BCUT2D eigenvalue weighted by Crippen LogP contribution is 2.33. The Hall–Kier alpha value is -3.66. The number of nitrogens with one attached hydrogen (secondary N) is 1. The van der Waals surface area contributed by atoms with Gasteiger partial charge >= 0.3 is 6.18 Å². The molecule has 1 N–H and O–H groups in total. The fraction of sp³-hybridized carbons (Fsp3) is 0.259. The molecule has 0 radical (unpaired) electrons. The van der Waals surface area contributed by atoms with E-state index in [1.54, 1.807) is 13.0 Å². The van der Waals surface area contributed by atoms with E-state index in [-0.39, 0.29) is 16.0 Å². The highest BCUT2D eigenvalue weighted by Gasteiger charge is 2.33. The largest absolute Gasteiger partial charge is 0.416 e.